The zero-order valence-electron chi connectivity index (χ0n) is 13.9. The molecule has 1 aromatic heterocycles. The molecule has 0 aliphatic heterocycles. The minimum absolute atomic E-state index is 0.0953. The fourth-order valence-corrected chi connectivity index (χ4v) is 3.54. The summed E-state index contributed by atoms with van der Waals surface area (Å²) >= 11 is 7.24. The standard InChI is InChI=1S/C18H14ClF2N3OS/c1-10-16(17(25)22-15-8-5-12(20)9-14(15)21)18(24(2)23-10)26-13-6-3-11(19)4-7-13/h3-9H,1-2H3,(H,22,25). The van der Waals surface area contributed by atoms with E-state index in [0.717, 1.165) is 17.0 Å². The van der Waals surface area contributed by atoms with E-state index in [1.165, 1.54) is 17.8 Å². The van der Waals surface area contributed by atoms with E-state index in [1.54, 1.807) is 30.8 Å². The Hall–Kier alpha value is -2.38. The van der Waals surface area contributed by atoms with Crippen molar-refractivity contribution in [1.29, 1.82) is 0 Å². The van der Waals surface area contributed by atoms with Gasteiger partial charge in [-0.1, -0.05) is 23.4 Å². The number of hydrogen-bond donors (Lipinski definition) is 1. The van der Waals surface area contributed by atoms with Gasteiger partial charge >= 0.3 is 0 Å². The van der Waals surface area contributed by atoms with E-state index < -0.39 is 17.5 Å². The van der Waals surface area contributed by atoms with E-state index in [9.17, 15) is 13.6 Å². The third-order valence-corrected chi connectivity index (χ3v) is 5.03. The number of halogens is 3. The van der Waals surface area contributed by atoms with Gasteiger partial charge in [0.05, 0.1) is 16.9 Å². The SMILES string of the molecule is Cc1nn(C)c(Sc2ccc(Cl)cc2)c1C(=O)Nc1ccc(F)cc1F. The summed E-state index contributed by atoms with van der Waals surface area (Å²) in [6.45, 7) is 1.70. The largest absolute Gasteiger partial charge is 0.319 e. The summed E-state index contributed by atoms with van der Waals surface area (Å²) in [6.07, 6.45) is 0. The van der Waals surface area contributed by atoms with Crippen LogP contribution in [-0.4, -0.2) is 15.7 Å². The molecule has 0 fully saturated rings. The third kappa shape index (κ3) is 3.89. The predicted octanol–water partition coefficient (Wildman–Crippen LogP) is 5.06. The molecule has 3 aromatic rings. The Labute approximate surface area is 158 Å². The van der Waals surface area contributed by atoms with Crippen molar-refractivity contribution in [1.82, 2.24) is 9.78 Å². The van der Waals surface area contributed by atoms with Gasteiger partial charge in [0.25, 0.3) is 5.91 Å². The van der Waals surface area contributed by atoms with Crippen LogP contribution >= 0.6 is 23.4 Å². The Balaban J connectivity index is 1.91. The van der Waals surface area contributed by atoms with E-state index in [-0.39, 0.29) is 5.69 Å². The Morgan fingerprint density at radius 1 is 1.19 bits per heavy atom. The van der Waals surface area contributed by atoms with Crippen molar-refractivity contribution in [3.63, 3.8) is 0 Å². The van der Waals surface area contributed by atoms with Crippen LogP contribution in [0, 0.1) is 18.6 Å². The fraction of sp³-hybridized carbons (Fsp3) is 0.111. The monoisotopic (exact) mass is 393 g/mol. The van der Waals surface area contributed by atoms with Crippen LogP contribution in [0.1, 0.15) is 16.1 Å². The van der Waals surface area contributed by atoms with Crippen molar-refractivity contribution >= 4 is 35.0 Å². The highest BCUT2D eigenvalue weighted by Crippen LogP contribution is 2.33. The van der Waals surface area contributed by atoms with Gasteiger partial charge in [0, 0.05) is 23.0 Å². The van der Waals surface area contributed by atoms with Crippen molar-refractivity contribution in [2.45, 2.75) is 16.8 Å². The Kier molecular flexibility index (Phi) is 5.29. The lowest BCUT2D eigenvalue weighted by molar-refractivity contribution is 0.102. The first kappa shape index (κ1) is 18.4. The molecule has 0 bridgehead atoms. The second kappa shape index (κ2) is 7.47. The molecule has 8 heteroatoms. The molecule has 4 nitrogen and oxygen atoms in total. The normalized spacial score (nSPS) is 10.8. The van der Waals surface area contributed by atoms with Gasteiger partial charge in [-0.15, -0.1) is 0 Å². The number of nitrogens with zero attached hydrogens (tertiary/aromatic N) is 2. The van der Waals surface area contributed by atoms with E-state index in [2.05, 4.69) is 10.4 Å². The number of benzene rings is 2. The molecule has 3 rings (SSSR count). The average molecular weight is 394 g/mol. The summed E-state index contributed by atoms with van der Waals surface area (Å²) in [6, 6.07) is 10.1. The predicted molar refractivity (Wildman–Crippen MR) is 97.8 cm³/mol. The molecule has 2 aromatic carbocycles. The lowest BCUT2D eigenvalue weighted by Gasteiger charge is -2.09. The average Bonchev–Trinajstić information content (AvgIpc) is 2.86. The van der Waals surface area contributed by atoms with E-state index in [1.807, 2.05) is 12.1 Å². The first-order chi connectivity index (χ1) is 12.3. The number of anilines is 1. The number of rotatable bonds is 4. The van der Waals surface area contributed by atoms with Crippen molar-refractivity contribution in [3.8, 4) is 0 Å². The van der Waals surface area contributed by atoms with Crippen molar-refractivity contribution in [2.24, 2.45) is 7.05 Å². The molecule has 0 radical (unpaired) electrons. The second-order valence-electron chi connectivity index (χ2n) is 5.52. The zero-order chi connectivity index (χ0) is 18.8. The van der Waals surface area contributed by atoms with E-state index >= 15 is 0 Å². The van der Waals surface area contributed by atoms with Crippen LogP contribution in [0.15, 0.2) is 52.4 Å². The number of aryl methyl sites for hydroxylation is 2. The molecule has 0 atom stereocenters. The zero-order valence-corrected chi connectivity index (χ0v) is 15.5. The van der Waals surface area contributed by atoms with Crippen LogP contribution in [0.2, 0.25) is 5.02 Å². The summed E-state index contributed by atoms with van der Waals surface area (Å²) in [5, 5.41) is 7.97. The van der Waals surface area contributed by atoms with Crippen LogP contribution < -0.4 is 5.32 Å². The minimum atomic E-state index is -0.841. The van der Waals surface area contributed by atoms with Crippen molar-refractivity contribution in [2.75, 3.05) is 5.32 Å². The molecule has 0 aliphatic rings. The van der Waals surface area contributed by atoms with Crippen molar-refractivity contribution < 1.29 is 13.6 Å². The maximum Gasteiger partial charge on any atom is 0.260 e. The van der Waals surface area contributed by atoms with Gasteiger partial charge in [-0.25, -0.2) is 8.78 Å². The number of nitrogens with one attached hydrogen (secondary N) is 1. The molecule has 0 saturated heterocycles. The maximum atomic E-state index is 13.8. The molecule has 1 amide bonds. The molecule has 134 valence electrons. The first-order valence-corrected chi connectivity index (χ1v) is 8.78. The van der Waals surface area contributed by atoms with Gasteiger partial charge in [0.15, 0.2) is 0 Å². The molecule has 26 heavy (non-hydrogen) atoms. The summed E-state index contributed by atoms with van der Waals surface area (Å²) in [5.74, 6) is -2.07. The highest BCUT2D eigenvalue weighted by Gasteiger charge is 2.22. The van der Waals surface area contributed by atoms with Gasteiger partial charge in [0.2, 0.25) is 0 Å². The second-order valence-corrected chi connectivity index (χ2v) is 7.02. The molecule has 1 N–H and O–H groups in total. The Morgan fingerprint density at radius 2 is 1.88 bits per heavy atom. The van der Waals surface area contributed by atoms with Crippen molar-refractivity contribution in [3.05, 3.63) is 70.4 Å². The molecular weight excluding hydrogens is 380 g/mol. The molecule has 0 saturated carbocycles. The number of aromatic nitrogens is 2. The van der Waals surface area contributed by atoms with Gasteiger partial charge in [0.1, 0.15) is 16.7 Å². The van der Waals surface area contributed by atoms with Crippen LogP contribution in [0.5, 0.6) is 0 Å². The summed E-state index contributed by atoms with van der Waals surface area (Å²) in [5.41, 5.74) is 0.738. The van der Waals surface area contributed by atoms with Gasteiger partial charge in [-0.2, -0.15) is 5.10 Å². The lowest BCUT2D eigenvalue weighted by atomic mass is 10.2. The quantitative estimate of drug-likeness (QED) is 0.673. The fourth-order valence-electron chi connectivity index (χ4n) is 2.41. The van der Waals surface area contributed by atoms with Crippen LogP contribution in [0.4, 0.5) is 14.5 Å². The molecule has 0 unspecified atom stereocenters. The Bertz CT molecular complexity index is 973. The van der Waals surface area contributed by atoms with Gasteiger partial charge in [-0.3, -0.25) is 9.48 Å². The van der Waals surface area contributed by atoms with Crippen LogP contribution in [0.25, 0.3) is 0 Å². The number of hydrogen-bond acceptors (Lipinski definition) is 3. The molecule has 1 heterocycles. The Morgan fingerprint density at radius 3 is 2.54 bits per heavy atom. The summed E-state index contributed by atoms with van der Waals surface area (Å²) < 4.78 is 28.4. The number of carbonyl (C=O) groups is 1. The lowest BCUT2D eigenvalue weighted by Crippen LogP contribution is -2.15. The van der Waals surface area contributed by atoms with E-state index in [4.69, 9.17) is 11.6 Å². The van der Waals surface area contributed by atoms with Gasteiger partial charge < -0.3 is 5.32 Å². The maximum absolute atomic E-state index is 13.8. The van der Waals surface area contributed by atoms with Gasteiger partial charge in [-0.05, 0) is 43.3 Å². The smallest absolute Gasteiger partial charge is 0.260 e. The molecule has 0 aliphatic carbocycles. The van der Waals surface area contributed by atoms with E-state index in [0.29, 0.717) is 21.3 Å². The summed E-state index contributed by atoms with van der Waals surface area (Å²) in [4.78, 5) is 13.6. The van der Waals surface area contributed by atoms with Crippen LogP contribution in [0.3, 0.4) is 0 Å². The highest BCUT2D eigenvalue weighted by molar-refractivity contribution is 7.99. The first-order valence-electron chi connectivity index (χ1n) is 7.58. The molecular formula is C18H14ClF2N3OS. The topological polar surface area (TPSA) is 46.9 Å². The summed E-state index contributed by atoms with van der Waals surface area (Å²) in [7, 11) is 1.72. The number of carbonyl (C=O) groups excluding carboxylic acids is 1. The molecule has 0 spiro atoms. The minimum Gasteiger partial charge on any atom is -0.319 e. The number of amides is 1. The third-order valence-electron chi connectivity index (χ3n) is 3.60. The highest BCUT2D eigenvalue weighted by atomic mass is 35.5. The van der Waals surface area contributed by atoms with Crippen LogP contribution in [-0.2, 0) is 7.05 Å².